The second kappa shape index (κ2) is 4.63. The third-order valence-electron chi connectivity index (χ3n) is 1.78. The van der Waals surface area contributed by atoms with Crippen molar-refractivity contribution < 1.29 is 9.52 Å². The number of oxazole rings is 1. The Hall–Kier alpha value is -1.39. The van der Waals surface area contributed by atoms with E-state index in [1.165, 1.54) is 12.2 Å². The molecule has 2 rings (SSSR count). The quantitative estimate of drug-likeness (QED) is 0.507. The van der Waals surface area contributed by atoms with E-state index < -0.39 is 0 Å². The van der Waals surface area contributed by atoms with E-state index in [2.05, 4.69) is 11.6 Å². The van der Waals surface area contributed by atoms with E-state index in [-0.39, 0.29) is 5.09 Å². The Balaban J connectivity index is 2.33. The molecule has 0 atom stereocenters. The fourth-order valence-corrected chi connectivity index (χ4v) is 1.93. The molecule has 1 aromatic heterocycles. The number of nitrogens with zero attached hydrogens (tertiary/aromatic N) is 1. The molecular weight excluding hydrogens is 246 g/mol. The van der Waals surface area contributed by atoms with E-state index in [9.17, 15) is 5.11 Å². The van der Waals surface area contributed by atoms with Crippen molar-refractivity contribution in [1.29, 1.82) is 0 Å². The molecule has 0 radical (unpaired) electrons. The van der Waals surface area contributed by atoms with Crippen LogP contribution >= 0.6 is 23.4 Å². The maximum atomic E-state index is 9.41. The number of fused-ring (bicyclic) bond motifs is 1. The van der Waals surface area contributed by atoms with Gasteiger partial charge in [-0.2, -0.15) is 0 Å². The molecular formula is C11H8ClNO2S. The number of thioether (sulfide) groups is 1. The zero-order chi connectivity index (χ0) is 11.5. The van der Waals surface area contributed by atoms with Crippen LogP contribution < -0.4 is 0 Å². The van der Waals surface area contributed by atoms with Crippen LogP contribution in [0.2, 0.25) is 5.02 Å². The molecule has 82 valence electrons. The number of halogens is 1. The first-order chi connectivity index (χ1) is 7.69. The van der Waals surface area contributed by atoms with E-state index in [1.54, 1.807) is 18.2 Å². The number of hydrogen-bond donors (Lipinski definition) is 1. The van der Waals surface area contributed by atoms with Crippen LogP contribution in [0.4, 0.5) is 0 Å². The molecule has 0 aliphatic rings. The lowest BCUT2D eigenvalue weighted by Gasteiger charge is -1.91. The van der Waals surface area contributed by atoms with Gasteiger partial charge < -0.3 is 9.52 Å². The average molecular weight is 254 g/mol. The Morgan fingerprint density at radius 3 is 3.12 bits per heavy atom. The molecule has 1 N–H and O–H groups in total. The summed E-state index contributed by atoms with van der Waals surface area (Å²) in [6, 6.07) is 5.17. The van der Waals surface area contributed by atoms with Crippen LogP contribution in [0, 0.1) is 0 Å². The Labute approximate surface area is 101 Å². The molecule has 3 nitrogen and oxygen atoms in total. The van der Waals surface area contributed by atoms with Gasteiger partial charge in [0.1, 0.15) is 5.52 Å². The van der Waals surface area contributed by atoms with E-state index >= 15 is 0 Å². The van der Waals surface area contributed by atoms with Crippen LogP contribution in [0.1, 0.15) is 0 Å². The van der Waals surface area contributed by atoms with Gasteiger partial charge in [0.05, 0.1) is 0 Å². The predicted octanol–water partition coefficient (Wildman–Crippen LogP) is 4.16. The lowest BCUT2D eigenvalue weighted by Crippen LogP contribution is -1.73. The van der Waals surface area contributed by atoms with Crippen LogP contribution in [0.15, 0.2) is 51.7 Å². The van der Waals surface area contributed by atoms with Crippen molar-refractivity contribution >= 4 is 34.5 Å². The summed E-state index contributed by atoms with van der Waals surface area (Å²) in [5.74, 6) is 0. The Morgan fingerprint density at radius 2 is 2.38 bits per heavy atom. The minimum atomic E-state index is 0.0765. The van der Waals surface area contributed by atoms with Gasteiger partial charge in [0.2, 0.25) is 0 Å². The molecule has 16 heavy (non-hydrogen) atoms. The highest BCUT2D eigenvalue weighted by Crippen LogP contribution is 2.28. The monoisotopic (exact) mass is 253 g/mol. The molecule has 0 bridgehead atoms. The summed E-state index contributed by atoms with van der Waals surface area (Å²) in [6.45, 7) is 3.48. The molecule has 0 aliphatic carbocycles. The second-order valence-electron chi connectivity index (χ2n) is 2.93. The van der Waals surface area contributed by atoms with Gasteiger partial charge in [-0.25, -0.2) is 4.98 Å². The van der Waals surface area contributed by atoms with Crippen molar-refractivity contribution in [3.05, 3.63) is 47.0 Å². The molecule has 1 aromatic carbocycles. The molecule has 0 unspecified atom stereocenters. The fourth-order valence-electron chi connectivity index (χ4n) is 1.15. The van der Waals surface area contributed by atoms with E-state index in [0.717, 1.165) is 11.8 Å². The second-order valence-corrected chi connectivity index (χ2v) is 4.34. The summed E-state index contributed by atoms with van der Waals surface area (Å²) in [6.07, 6.45) is 2.95. The van der Waals surface area contributed by atoms with Crippen molar-refractivity contribution in [1.82, 2.24) is 4.98 Å². The summed E-state index contributed by atoms with van der Waals surface area (Å²) in [5, 5.41) is 10.5. The van der Waals surface area contributed by atoms with Crippen molar-refractivity contribution in [3.8, 4) is 0 Å². The predicted molar refractivity (Wildman–Crippen MR) is 65.8 cm³/mol. The van der Waals surface area contributed by atoms with Gasteiger partial charge in [-0.1, -0.05) is 24.3 Å². The first-order valence-electron chi connectivity index (χ1n) is 4.44. The minimum absolute atomic E-state index is 0.0765. The van der Waals surface area contributed by atoms with Crippen molar-refractivity contribution in [2.75, 3.05) is 0 Å². The van der Waals surface area contributed by atoms with Crippen LogP contribution in [-0.4, -0.2) is 10.1 Å². The van der Waals surface area contributed by atoms with E-state index in [0.29, 0.717) is 21.3 Å². The molecule has 0 aliphatic heterocycles. The normalized spacial score (nSPS) is 11.9. The Kier molecular flexibility index (Phi) is 3.22. The van der Waals surface area contributed by atoms with Crippen molar-refractivity contribution in [3.63, 3.8) is 0 Å². The molecule has 0 saturated heterocycles. The molecule has 1 heterocycles. The lowest BCUT2D eigenvalue weighted by molar-refractivity contribution is 0.448. The standard InChI is InChI=1S/C11H8ClNO2S/c1-2-3-10(14)16-11-13-8-6-7(12)4-5-9(8)15-11/h2-6,14H,1H2/b10-3+. The first-order valence-corrected chi connectivity index (χ1v) is 5.64. The number of rotatable bonds is 3. The summed E-state index contributed by atoms with van der Waals surface area (Å²) in [7, 11) is 0. The SMILES string of the molecule is C=C/C=C(\O)Sc1nc2cc(Cl)ccc2o1. The van der Waals surface area contributed by atoms with Gasteiger partial charge in [-0.15, -0.1) is 0 Å². The molecule has 5 heteroatoms. The van der Waals surface area contributed by atoms with E-state index in [1.807, 2.05) is 0 Å². The topological polar surface area (TPSA) is 46.3 Å². The molecule has 0 saturated carbocycles. The van der Waals surface area contributed by atoms with Gasteiger partial charge >= 0.3 is 0 Å². The summed E-state index contributed by atoms with van der Waals surface area (Å²) < 4.78 is 5.40. The van der Waals surface area contributed by atoms with Crippen LogP contribution in [0.5, 0.6) is 0 Å². The van der Waals surface area contributed by atoms with Crippen LogP contribution in [-0.2, 0) is 0 Å². The minimum Gasteiger partial charge on any atom is -0.502 e. The number of allylic oxidation sites excluding steroid dienone is 2. The Bertz CT molecular complexity index is 562. The molecule has 2 aromatic rings. The third kappa shape index (κ3) is 2.40. The van der Waals surface area contributed by atoms with Crippen LogP contribution in [0.3, 0.4) is 0 Å². The molecule has 0 spiro atoms. The highest BCUT2D eigenvalue weighted by molar-refractivity contribution is 8.02. The molecule has 0 fully saturated rings. The van der Waals surface area contributed by atoms with Crippen molar-refractivity contribution in [2.24, 2.45) is 0 Å². The number of benzene rings is 1. The smallest absolute Gasteiger partial charge is 0.264 e. The number of aromatic nitrogens is 1. The van der Waals surface area contributed by atoms with Gasteiger partial charge in [0, 0.05) is 16.8 Å². The first kappa shape index (κ1) is 11.1. The zero-order valence-electron chi connectivity index (χ0n) is 8.18. The van der Waals surface area contributed by atoms with Gasteiger partial charge in [-0.05, 0) is 24.3 Å². The number of hydrogen-bond acceptors (Lipinski definition) is 4. The fraction of sp³-hybridized carbons (Fsp3) is 0. The zero-order valence-corrected chi connectivity index (χ0v) is 9.76. The van der Waals surface area contributed by atoms with E-state index in [4.69, 9.17) is 16.0 Å². The van der Waals surface area contributed by atoms with Gasteiger partial charge in [0.25, 0.3) is 5.22 Å². The maximum absolute atomic E-state index is 9.41. The summed E-state index contributed by atoms with van der Waals surface area (Å²) in [5.41, 5.74) is 1.31. The molecule has 0 amide bonds. The highest BCUT2D eigenvalue weighted by atomic mass is 35.5. The summed E-state index contributed by atoms with van der Waals surface area (Å²) >= 11 is 6.85. The lowest BCUT2D eigenvalue weighted by atomic mass is 10.3. The average Bonchev–Trinajstić information content (AvgIpc) is 2.59. The summed E-state index contributed by atoms with van der Waals surface area (Å²) in [4.78, 5) is 4.17. The largest absolute Gasteiger partial charge is 0.502 e. The third-order valence-corrected chi connectivity index (χ3v) is 2.71. The number of aliphatic hydroxyl groups is 1. The van der Waals surface area contributed by atoms with Gasteiger partial charge in [-0.3, -0.25) is 0 Å². The maximum Gasteiger partial charge on any atom is 0.264 e. The van der Waals surface area contributed by atoms with Crippen LogP contribution in [0.25, 0.3) is 11.1 Å². The number of aliphatic hydroxyl groups excluding tert-OH is 1. The Morgan fingerprint density at radius 1 is 1.56 bits per heavy atom. The van der Waals surface area contributed by atoms with Gasteiger partial charge in [0.15, 0.2) is 10.7 Å². The van der Waals surface area contributed by atoms with Crippen molar-refractivity contribution in [2.45, 2.75) is 5.22 Å². The highest BCUT2D eigenvalue weighted by Gasteiger charge is 2.08.